The third-order valence-electron chi connectivity index (χ3n) is 2.97. The number of hydrogen-bond donors (Lipinski definition) is 2. The molecule has 2 N–H and O–H groups in total. The molecular weight excluding hydrogens is 143 g/mol. The first-order chi connectivity index (χ1) is 5.33. The summed E-state index contributed by atoms with van der Waals surface area (Å²) in [4.78, 5) is 0. The van der Waals surface area contributed by atoms with Gasteiger partial charge in [0.25, 0.3) is 0 Å². The third-order valence-corrected chi connectivity index (χ3v) is 2.97. The van der Waals surface area contributed by atoms with Crippen LogP contribution in [0.2, 0.25) is 0 Å². The van der Waals surface area contributed by atoms with Gasteiger partial charge in [-0.25, -0.2) is 4.39 Å². The minimum absolute atomic E-state index is 0.148. The van der Waals surface area contributed by atoms with Crippen molar-refractivity contribution < 1.29 is 4.39 Å². The van der Waals surface area contributed by atoms with Gasteiger partial charge in [0.1, 0.15) is 6.17 Å². The Labute approximate surface area is 66.5 Å². The third kappa shape index (κ3) is 1.16. The first-order valence-corrected chi connectivity index (χ1v) is 4.43. The summed E-state index contributed by atoms with van der Waals surface area (Å²) >= 11 is 0. The minimum atomic E-state index is -0.607. The molecule has 0 saturated carbocycles. The van der Waals surface area contributed by atoms with Crippen LogP contribution in [0.4, 0.5) is 4.39 Å². The highest BCUT2D eigenvalue weighted by atomic mass is 19.1. The lowest BCUT2D eigenvalue weighted by atomic mass is 9.86. The normalized spacial score (nSPS) is 36.3. The summed E-state index contributed by atoms with van der Waals surface area (Å²) in [5.41, 5.74) is -0.148. The number of rotatable bonds is 0. The maximum absolute atomic E-state index is 13.4. The van der Waals surface area contributed by atoms with E-state index in [9.17, 15) is 4.39 Å². The van der Waals surface area contributed by atoms with Gasteiger partial charge in [-0.1, -0.05) is 0 Å². The fraction of sp³-hybridized carbons (Fsp3) is 1.00. The van der Waals surface area contributed by atoms with Gasteiger partial charge in [-0.15, -0.1) is 0 Å². The Kier molecular flexibility index (Phi) is 1.85. The molecular formula is C8H15FN2. The molecule has 64 valence electrons. The molecule has 2 saturated heterocycles. The molecule has 0 aromatic heterocycles. The molecule has 2 fully saturated rings. The molecule has 0 amide bonds. The second-order valence-corrected chi connectivity index (χ2v) is 3.59. The number of nitrogens with one attached hydrogen (secondary N) is 2. The number of alkyl halides is 1. The Balaban J connectivity index is 2.06. The Morgan fingerprint density at radius 2 is 1.91 bits per heavy atom. The van der Waals surface area contributed by atoms with E-state index in [1.807, 2.05) is 0 Å². The SMILES string of the molecule is FC1CCNC12CCNCC2. The van der Waals surface area contributed by atoms with Gasteiger partial charge in [-0.3, -0.25) is 0 Å². The van der Waals surface area contributed by atoms with Crippen LogP contribution in [0.1, 0.15) is 19.3 Å². The van der Waals surface area contributed by atoms with Crippen molar-refractivity contribution in [3.63, 3.8) is 0 Å². The number of halogens is 1. The lowest BCUT2D eigenvalue weighted by molar-refractivity contribution is 0.157. The van der Waals surface area contributed by atoms with Gasteiger partial charge in [0, 0.05) is 0 Å². The smallest absolute Gasteiger partial charge is 0.119 e. The molecule has 2 rings (SSSR count). The van der Waals surface area contributed by atoms with Crippen molar-refractivity contribution in [2.45, 2.75) is 31.0 Å². The maximum Gasteiger partial charge on any atom is 0.119 e. The van der Waals surface area contributed by atoms with Gasteiger partial charge in [0.2, 0.25) is 0 Å². The van der Waals surface area contributed by atoms with Crippen molar-refractivity contribution in [3.05, 3.63) is 0 Å². The Hall–Kier alpha value is -0.150. The molecule has 2 heterocycles. The fourth-order valence-corrected chi connectivity index (χ4v) is 2.20. The summed E-state index contributed by atoms with van der Waals surface area (Å²) in [6.45, 7) is 2.79. The van der Waals surface area contributed by atoms with E-state index >= 15 is 0 Å². The lowest BCUT2D eigenvalue weighted by Crippen LogP contribution is -2.53. The lowest BCUT2D eigenvalue weighted by Gasteiger charge is -2.35. The highest BCUT2D eigenvalue weighted by molar-refractivity contribution is 5.02. The van der Waals surface area contributed by atoms with E-state index in [0.29, 0.717) is 6.42 Å². The molecule has 1 atom stereocenters. The maximum atomic E-state index is 13.4. The Morgan fingerprint density at radius 3 is 2.45 bits per heavy atom. The van der Waals surface area contributed by atoms with E-state index in [1.54, 1.807) is 0 Å². The van der Waals surface area contributed by atoms with Crippen molar-refractivity contribution in [1.82, 2.24) is 10.6 Å². The van der Waals surface area contributed by atoms with E-state index in [-0.39, 0.29) is 5.54 Å². The Morgan fingerprint density at radius 1 is 1.18 bits per heavy atom. The van der Waals surface area contributed by atoms with Gasteiger partial charge in [-0.05, 0) is 38.9 Å². The standard InChI is InChI=1S/C8H15FN2/c9-7-1-4-11-8(7)2-5-10-6-3-8/h7,10-11H,1-6H2. The Bertz CT molecular complexity index is 143. The first-order valence-electron chi connectivity index (χ1n) is 4.43. The summed E-state index contributed by atoms with van der Waals surface area (Å²) in [6.07, 6.45) is 2.01. The molecule has 0 aliphatic carbocycles. The zero-order valence-electron chi connectivity index (χ0n) is 6.70. The molecule has 0 radical (unpaired) electrons. The predicted molar refractivity (Wildman–Crippen MR) is 42.4 cm³/mol. The topological polar surface area (TPSA) is 24.1 Å². The van der Waals surface area contributed by atoms with Gasteiger partial charge in [-0.2, -0.15) is 0 Å². The van der Waals surface area contributed by atoms with E-state index in [2.05, 4.69) is 10.6 Å². The molecule has 0 aromatic carbocycles. The minimum Gasteiger partial charge on any atom is -0.317 e. The predicted octanol–water partition coefficient (Wildman–Crippen LogP) is 0.440. The molecule has 2 aliphatic rings. The second-order valence-electron chi connectivity index (χ2n) is 3.59. The van der Waals surface area contributed by atoms with Crippen molar-refractivity contribution in [2.75, 3.05) is 19.6 Å². The summed E-state index contributed by atoms with van der Waals surface area (Å²) in [5, 5.41) is 6.56. The summed E-state index contributed by atoms with van der Waals surface area (Å²) in [6, 6.07) is 0. The van der Waals surface area contributed by atoms with Crippen LogP contribution in [0.25, 0.3) is 0 Å². The van der Waals surface area contributed by atoms with E-state index in [4.69, 9.17) is 0 Å². The van der Waals surface area contributed by atoms with Gasteiger partial charge >= 0.3 is 0 Å². The first kappa shape index (κ1) is 7.50. The van der Waals surface area contributed by atoms with Crippen LogP contribution in [0, 0.1) is 0 Å². The average molecular weight is 158 g/mol. The monoisotopic (exact) mass is 158 g/mol. The van der Waals surface area contributed by atoms with Crippen LogP contribution in [-0.4, -0.2) is 31.3 Å². The van der Waals surface area contributed by atoms with Gasteiger partial charge < -0.3 is 10.6 Å². The van der Waals surface area contributed by atoms with Crippen LogP contribution in [0.3, 0.4) is 0 Å². The summed E-state index contributed by atoms with van der Waals surface area (Å²) < 4.78 is 13.4. The molecule has 1 spiro atoms. The quantitative estimate of drug-likeness (QED) is 0.534. The zero-order chi connectivity index (χ0) is 7.73. The summed E-state index contributed by atoms with van der Waals surface area (Å²) in [5.74, 6) is 0. The second kappa shape index (κ2) is 2.72. The molecule has 1 unspecified atom stereocenters. The van der Waals surface area contributed by atoms with Crippen LogP contribution >= 0.6 is 0 Å². The van der Waals surface area contributed by atoms with Crippen molar-refractivity contribution in [2.24, 2.45) is 0 Å². The molecule has 3 heteroatoms. The number of hydrogen-bond acceptors (Lipinski definition) is 2. The molecule has 2 aliphatic heterocycles. The van der Waals surface area contributed by atoms with Gasteiger partial charge in [0.05, 0.1) is 5.54 Å². The van der Waals surface area contributed by atoms with Gasteiger partial charge in [0.15, 0.2) is 0 Å². The highest BCUT2D eigenvalue weighted by Gasteiger charge is 2.43. The largest absolute Gasteiger partial charge is 0.317 e. The highest BCUT2D eigenvalue weighted by Crippen LogP contribution is 2.30. The van der Waals surface area contributed by atoms with Crippen LogP contribution in [0.15, 0.2) is 0 Å². The molecule has 0 bridgehead atoms. The fourth-order valence-electron chi connectivity index (χ4n) is 2.20. The van der Waals surface area contributed by atoms with Crippen LogP contribution in [0.5, 0.6) is 0 Å². The van der Waals surface area contributed by atoms with E-state index < -0.39 is 6.17 Å². The van der Waals surface area contributed by atoms with Crippen molar-refractivity contribution in [1.29, 1.82) is 0 Å². The van der Waals surface area contributed by atoms with Crippen LogP contribution in [-0.2, 0) is 0 Å². The number of piperidine rings is 1. The molecule has 0 aromatic rings. The van der Waals surface area contributed by atoms with E-state index in [0.717, 1.165) is 32.5 Å². The average Bonchev–Trinajstić information content (AvgIpc) is 2.36. The zero-order valence-corrected chi connectivity index (χ0v) is 6.70. The van der Waals surface area contributed by atoms with E-state index in [1.165, 1.54) is 0 Å². The molecule has 11 heavy (non-hydrogen) atoms. The van der Waals surface area contributed by atoms with Crippen molar-refractivity contribution in [3.8, 4) is 0 Å². The molecule has 2 nitrogen and oxygen atoms in total. The van der Waals surface area contributed by atoms with Crippen molar-refractivity contribution >= 4 is 0 Å². The summed E-state index contributed by atoms with van der Waals surface area (Å²) in [7, 11) is 0. The van der Waals surface area contributed by atoms with Crippen LogP contribution < -0.4 is 10.6 Å².